The monoisotopic (exact) mass is 294 g/mol. The average molecular weight is 295 g/mol. The zero-order valence-electron chi connectivity index (χ0n) is 9.37. The number of hydrogen-bond acceptors (Lipinski definition) is 2. The van der Waals surface area contributed by atoms with E-state index in [0.717, 1.165) is 21.4 Å². The van der Waals surface area contributed by atoms with Gasteiger partial charge in [0, 0.05) is 6.54 Å². The molecule has 2 rings (SSSR count). The maximum absolute atomic E-state index is 13.0. The summed E-state index contributed by atoms with van der Waals surface area (Å²) in [6.45, 7) is 2.56. The Hall–Kier alpha value is -1.42. The number of pyridine rings is 1. The molecule has 0 radical (unpaired) electrons. The van der Waals surface area contributed by atoms with Gasteiger partial charge in [-0.3, -0.25) is 0 Å². The smallest absolute Gasteiger partial charge is 0.123 e. The third-order valence-corrected chi connectivity index (χ3v) is 3.23. The van der Waals surface area contributed by atoms with Crippen molar-refractivity contribution in [3.63, 3.8) is 0 Å². The van der Waals surface area contributed by atoms with Crippen LogP contribution in [0.3, 0.4) is 0 Å². The Morgan fingerprint density at radius 2 is 2.18 bits per heavy atom. The topological polar surface area (TPSA) is 24.9 Å². The summed E-state index contributed by atoms with van der Waals surface area (Å²) < 4.78 is 13.8. The zero-order valence-corrected chi connectivity index (χ0v) is 11.0. The molecule has 1 N–H and O–H groups in total. The van der Waals surface area contributed by atoms with Crippen molar-refractivity contribution in [1.82, 2.24) is 4.98 Å². The molecule has 1 heterocycles. The zero-order chi connectivity index (χ0) is 12.3. The van der Waals surface area contributed by atoms with Crippen LogP contribution in [-0.4, -0.2) is 4.98 Å². The third-order valence-electron chi connectivity index (χ3n) is 2.40. The summed E-state index contributed by atoms with van der Waals surface area (Å²) in [5.74, 6) is -0.214. The number of rotatable bonds is 3. The molecule has 0 aliphatic heterocycles. The molecular weight excluding hydrogens is 283 g/mol. The van der Waals surface area contributed by atoms with Gasteiger partial charge in [0.25, 0.3) is 0 Å². The first-order valence-electron chi connectivity index (χ1n) is 5.25. The van der Waals surface area contributed by atoms with E-state index in [4.69, 9.17) is 0 Å². The van der Waals surface area contributed by atoms with Crippen LogP contribution in [0.4, 0.5) is 10.1 Å². The highest BCUT2D eigenvalue weighted by molar-refractivity contribution is 9.10. The van der Waals surface area contributed by atoms with Gasteiger partial charge in [0.2, 0.25) is 0 Å². The second kappa shape index (κ2) is 5.27. The van der Waals surface area contributed by atoms with Crippen LogP contribution < -0.4 is 5.32 Å². The third kappa shape index (κ3) is 3.27. The molecule has 0 fully saturated rings. The Labute approximate surface area is 108 Å². The van der Waals surface area contributed by atoms with Crippen LogP contribution in [0.5, 0.6) is 0 Å². The summed E-state index contributed by atoms with van der Waals surface area (Å²) in [7, 11) is 0. The fraction of sp³-hybridized carbons (Fsp3) is 0.154. The molecule has 0 amide bonds. The van der Waals surface area contributed by atoms with Crippen LogP contribution in [0.1, 0.15) is 11.1 Å². The first-order valence-corrected chi connectivity index (χ1v) is 6.05. The normalized spacial score (nSPS) is 10.3. The Morgan fingerprint density at radius 3 is 2.88 bits per heavy atom. The van der Waals surface area contributed by atoms with E-state index >= 15 is 0 Å². The van der Waals surface area contributed by atoms with Crippen LogP contribution in [0, 0.1) is 12.7 Å². The Kier molecular flexibility index (Phi) is 3.74. The van der Waals surface area contributed by atoms with Gasteiger partial charge in [-0.15, -0.1) is 0 Å². The van der Waals surface area contributed by atoms with E-state index in [2.05, 4.69) is 26.2 Å². The maximum atomic E-state index is 13.0. The molecule has 2 aromatic rings. The minimum absolute atomic E-state index is 0.214. The van der Waals surface area contributed by atoms with Crippen molar-refractivity contribution in [3.05, 3.63) is 58.1 Å². The van der Waals surface area contributed by atoms with Crippen LogP contribution >= 0.6 is 15.9 Å². The molecule has 0 saturated heterocycles. The van der Waals surface area contributed by atoms with Gasteiger partial charge in [-0.05, 0) is 52.2 Å². The molecule has 0 bridgehead atoms. The summed E-state index contributed by atoms with van der Waals surface area (Å²) in [6.07, 6.45) is 1.75. The summed E-state index contributed by atoms with van der Waals surface area (Å²) in [4.78, 5) is 4.19. The van der Waals surface area contributed by atoms with E-state index in [1.807, 2.05) is 19.1 Å². The van der Waals surface area contributed by atoms with E-state index in [1.54, 1.807) is 12.3 Å². The average Bonchev–Trinajstić information content (AvgIpc) is 2.31. The summed E-state index contributed by atoms with van der Waals surface area (Å²) in [5, 5.41) is 3.21. The largest absolute Gasteiger partial charge is 0.380 e. The van der Waals surface area contributed by atoms with E-state index < -0.39 is 0 Å². The van der Waals surface area contributed by atoms with Gasteiger partial charge in [-0.1, -0.05) is 12.1 Å². The SMILES string of the molecule is Cc1cc(NCc2cccc(F)c2)cnc1Br. The van der Waals surface area contributed by atoms with Crippen molar-refractivity contribution < 1.29 is 4.39 Å². The van der Waals surface area contributed by atoms with Crippen molar-refractivity contribution in [1.29, 1.82) is 0 Å². The molecule has 2 nitrogen and oxygen atoms in total. The van der Waals surface area contributed by atoms with Gasteiger partial charge in [-0.25, -0.2) is 9.37 Å². The summed E-state index contributed by atoms with van der Waals surface area (Å²) in [6, 6.07) is 8.55. The van der Waals surface area contributed by atoms with Crippen molar-refractivity contribution in [2.24, 2.45) is 0 Å². The molecular formula is C13H12BrFN2. The van der Waals surface area contributed by atoms with E-state index in [9.17, 15) is 4.39 Å². The maximum Gasteiger partial charge on any atom is 0.123 e. The van der Waals surface area contributed by atoms with E-state index in [1.165, 1.54) is 12.1 Å². The van der Waals surface area contributed by atoms with Crippen LogP contribution in [0.2, 0.25) is 0 Å². The Balaban J connectivity index is 2.05. The predicted molar refractivity (Wildman–Crippen MR) is 70.4 cm³/mol. The molecule has 0 atom stereocenters. The Morgan fingerprint density at radius 1 is 1.35 bits per heavy atom. The number of hydrogen-bond donors (Lipinski definition) is 1. The lowest BCUT2D eigenvalue weighted by Crippen LogP contribution is -2.00. The first kappa shape index (κ1) is 12.0. The van der Waals surface area contributed by atoms with E-state index in [-0.39, 0.29) is 5.82 Å². The number of benzene rings is 1. The molecule has 0 spiro atoms. The number of aromatic nitrogens is 1. The molecule has 88 valence electrons. The minimum Gasteiger partial charge on any atom is -0.380 e. The molecule has 4 heteroatoms. The van der Waals surface area contributed by atoms with Gasteiger partial charge in [-0.2, -0.15) is 0 Å². The second-order valence-electron chi connectivity index (χ2n) is 3.82. The highest BCUT2D eigenvalue weighted by atomic mass is 79.9. The summed E-state index contributed by atoms with van der Waals surface area (Å²) in [5.41, 5.74) is 2.90. The van der Waals surface area contributed by atoms with Crippen molar-refractivity contribution in [3.8, 4) is 0 Å². The Bertz CT molecular complexity index is 529. The molecule has 0 saturated carbocycles. The van der Waals surface area contributed by atoms with Crippen LogP contribution in [-0.2, 0) is 6.54 Å². The van der Waals surface area contributed by atoms with Gasteiger partial charge in [0.05, 0.1) is 11.9 Å². The quantitative estimate of drug-likeness (QED) is 0.869. The van der Waals surface area contributed by atoms with Crippen molar-refractivity contribution >= 4 is 21.6 Å². The minimum atomic E-state index is -0.214. The number of nitrogens with zero attached hydrogens (tertiary/aromatic N) is 1. The highest BCUT2D eigenvalue weighted by Crippen LogP contribution is 2.17. The van der Waals surface area contributed by atoms with Gasteiger partial charge < -0.3 is 5.32 Å². The molecule has 0 aliphatic rings. The molecule has 1 aromatic heterocycles. The first-order chi connectivity index (χ1) is 8.15. The molecule has 0 unspecified atom stereocenters. The number of nitrogens with one attached hydrogen (secondary N) is 1. The van der Waals surface area contributed by atoms with Gasteiger partial charge >= 0.3 is 0 Å². The van der Waals surface area contributed by atoms with Crippen LogP contribution in [0.25, 0.3) is 0 Å². The fourth-order valence-electron chi connectivity index (χ4n) is 1.51. The van der Waals surface area contributed by atoms with Gasteiger partial charge in [0.15, 0.2) is 0 Å². The lowest BCUT2D eigenvalue weighted by Gasteiger charge is -2.07. The highest BCUT2D eigenvalue weighted by Gasteiger charge is 1.99. The number of aryl methyl sites for hydroxylation is 1. The van der Waals surface area contributed by atoms with Gasteiger partial charge in [0.1, 0.15) is 10.4 Å². The standard InChI is InChI=1S/C13H12BrFN2/c1-9-5-12(8-17-13(9)14)16-7-10-3-2-4-11(15)6-10/h2-6,8,16H,7H2,1H3. The van der Waals surface area contributed by atoms with E-state index in [0.29, 0.717) is 6.54 Å². The predicted octanol–water partition coefficient (Wildman–Crippen LogP) is 3.90. The lowest BCUT2D eigenvalue weighted by atomic mass is 10.2. The fourth-order valence-corrected chi connectivity index (χ4v) is 1.72. The van der Waals surface area contributed by atoms with Crippen molar-refractivity contribution in [2.75, 3.05) is 5.32 Å². The second-order valence-corrected chi connectivity index (χ2v) is 4.57. The van der Waals surface area contributed by atoms with Crippen LogP contribution in [0.15, 0.2) is 41.1 Å². The number of halogens is 2. The molecule has 17 heavy (non-hydrogen) atoms. The summed E-state index contributed by atoms with van der Waals surface area (Å²) >= 11 is 3.35. The lowest BCUT2D eigenvalue weighted by molar-refractivity contribution is 0.626. The number of anilines is 1. The van der Waals surface area contributed by atoms with Crippen molar-refractivity contribution in [2.45, 2.75) is 13.5 Å². The molecule has 1 aromatic carbocycles. The molecule has 0 aliphatic carbocycles.